The van der Waals surface area contributed by atoms with Crippen LogP contribution in [0, 0.1) is 0 Å². The van der Waals surface area contributed by atoms with Crippen LogP contribution in [-0.4, -0.2) is 36.5 Å². The molecule has 0 aromatic heterocycles. The summed E-state index contributed by atoms with van der Waals surface area (Å²) in [6, 6.07) is 0. The number of aliphatic hydroxyl groups excluding tert-OH is 1. The van der Waals surface area contributed by atoms with Gasteiger partial charge in [-0.05, 0) is 31.3 Å². The fourth-order valence-electron chi connectivity index (χ4n) is 2.77. The van der Waals surface area contributed by atoms with E-state index >= 15 is 0 Å². The molecule has 1 N–H and O–H groups in total. The summed E-state index contributed by atoms with van der Waals surface area (Å²) in [5.41, 5.74) is 1.04. The summed E-state index contributed by atoms with van der Waals surface area (Å²) in [5, 5.41) is 9.30. The molecule has 19 heavy (non-hydrogen) atoms. The van der Waals surface area contributed by atoms with Crippen molar-refractivity contribution in [2.24, 2.45) is 0 Å². The van der Waals surface area contributed by atoms with Gasteiger partial charge in [0.05, 0.1) is 19.8 Å². The van der Waals surface area contributed by atoms with E-state index in [1.54, 1.807) is 0 Å². The van der Waals surface area contributed by atoms with Crippen LogP contribution >= 0.6 is 0 Å². The number of ether oxygens (including phenoxy) is 2. The van der Waals surface area contributed by atoms with Gasteiger partial charge in [-0.15, -0.1) is 0 Å². The summed E-state index contributed by atoms with van der Waals surface area (Å²) in [5.74, 6) is -0.392. The van der Waals surface area contributed by atoms with E-state index in [9.17, 15) is 9.90 Å². The third-order valence-corrected chi connectivity index (χ3v) is 3.93. The first-order valence-corrected chi connectivity index (χ1v) is 7.37. The Morgan fingerprint density at radius 3 is 2.53 bits per heavy atom. The minimum Gasteiger partial charge on any atom is -0.391 e. The summed E-state index contributed by atoms with van der Waals surface area (Å²) < 4.78 is 10.9. The second kappa shape index (κ2) is 7.17. The molecular weight excluding hydrogens is 244 g/mol. The number of aliphatic hydroxyl groups is 1. The number of Topliss-reactive ketones (excluding diaryl/α,β-unsaturated/α-hetero) is 1. The molecule has 0 spiro atoms. The van der Waals surface area contributed by atoms with Gasteiger partial charge in [-0.25, -0.2) is 0 Å². The predicted molar refractivity (Wildman–Crippen MR) is 71.7 cm³/mol. The van der Waals surface area contributed by atoms with Crippen molar-refractivity contribution in [1.82, 2.24) is 0 Å². The van der Waals surface area contributed by atoms with E-state index in [0.717, 1.165) is 50.5 Å². The third kappa shape index (κ3) is 4.13. The highest BCUT2D eigenvalue weighted by atomic mass is 16.7. The molecule has 1 aliphatic heterocycles. The first-order valence-electron chi connectivity index (χ1n) is 7.37. The van der Waals surface area contributed by atoms with Gasteiger partial charge in [-0.1, -0.05) is 18.9 Å². The summed E-state index contributed by atoms with van der Waals surface area (Å²) in [7, 11) is 0. The van der Waals surface area contributed by atoms with Gasteiger partial charge in [-0.2, -0.15) is 0 Å². The Hall–Kier alpha value is -0.710. The maximum atomic E-state index is 11.4. The standard InChI is InChI=1S/C15H24O4/c16-12-15(18-10-11-19-15)9-4-2-1-3-6-13-7-5-8-14(13)17/h7,16H,1-6,8-12H2. The fourth-order valence-corrected chi connectivity index (χ4v) is 2.77. The maximum Gasteiger partial charge on any atom is 0.191 e. The highest BCUT2D eigenvalue weighted by Gasteiger charge is 2.34. The molecule has 4 nitrogen and oxygen atoms in total. The molecule has 4 heteroatoms. The Morgan fingerprint density at radius 1 is 1.16 bits per heavy atom. The number of unbranched alkanes of at least 4 members (excludes halogenated alkanes) is 3. The molecule has 1 heterocycles. The van der Waals surface area contributed by atoms with Gasteiger partial charge in [0.2, 0.25) is 0 Å². The van der Waals surface area contributed by atoms with E-state index < -0.39 is 5.79 Å². The second-order valence-electron chi connectivity index (χ2n) is 5.37. The Morgan fingerprint density at radius 2 is 1.89 bits per heavy atom. The van der Waals surface area contributed by atoms with Crippen molar-refractivity contribution >= 4 is 5.78 Å². The zero-order valence-corrected chi connectivity index (χ0v) is 11.5. The highest BCUT2D eigenvalue weighted by molar-refractivity contribution is 5.97. The SMILES string of the molecule is O=C1CCC=C1CCCCCCC1(CO)OCCO1. The highest BCUT2D eigenvalue weighted by Crippen LogP contribution is 2.26. The van der Waals surface area contributed by atoms with E-state index in [2.05, 4.69) is 6.08 Å². The van der Waals surface area contributed by atoms with Crippen molar-refractivity contribution in [1.29, 1.82) is 0 Å². The van der Waals surface area contributed by atoms with Gasteiger partial charge in [0.1, 0.15) is 0 Å². The minimum atomic E-state index is -0.732. The number of hydrogen-bond acceptors (Lipinski definition) is 4. The van der Waals surface area contributed by atoms with Crippen molar-refractivity contribution in [3.05, 3.63) is 11.6 Å². The van der Waals surface area contributed by atoms with E-state index in [0.29, 0.717) is 25.4 Å². The lowest BCUT2D eigenvalue weighted by Gasteiger charge is -2.24. The van der Waals surface area contributed by atoms with Crippen LogP contribution in [-0.2, 0) is 14.3 Å². The molecule has 0 atom stereocenters. The molecule has 1 fully saturated rings. The number of allylic oxidation sites excluding steroid dienone is 2. The lowest BCUT2D eigenvalue weighted by molar-refractivity contribution is -0.187. The van der Waals surface area contributed by atoms with Gasteiger partial charge < -0.3 is 14.6 Å². The zero-order valence-electron chi connectivity index (χ0n) is 11.5. The number of carbonyl (C=O) groups excluding carboxylic acids is 1. The van der Waals surface area contributed by atoms with Crippen LogP contribution in [0.1, 0.15) is 51.4 Å². The van der Waals surface area contributed by atoms with E-state index in [-0.39, 0.29) is 6.61 Å². The van der Waals surface area contributed by atoms with Crippen LogP contribution in [0.2, 0.25) is 0 Å². The summed E-state index contributed by atoms with van der Waals surface area (Å²) in [4.78, 5) is 11.4. The van der Waals surface area contributed by atoms with Crippen LogP contribution in [0.5, 0.6) is 0 Å². The zero-order chi connectivity index (χ0) is 13.6. The first kappa shape index (κ1) is 14.7. The average Bonchev–Trinajstić information content (AvgIpc) is 3.04. The quantitative estimate of drug-likeness (QED) is 0.687. The van der Waals surface area contributed by atoms with Gasteiger partial charge >= 0.3 is 0 Å². The molecule has 1 saturated heterocycles. The summed E-state index contributed by atoms with van der Waals surface area (Å²) >= 11 is 0. The Bertz CT molecular complexity index is 329. The summed E-state index contributed by atoms with van der Waals surface area (Å²) in [6.45, 7) is 1.10. The number of hydrogen-bond donors (Lipinski definition) is 1. The van der Waals surface area contributed by atoms with Crippen molar-refractivity contribution in [3.63, 3.8) is 0 Å². The third-order valence-electron chi connectivity index (χ3n) is 3.93. The van der Waals surface area contributed by atoms with Crippen molar-refractivity contribution in [2.75, 3.05) is 19.8 Å². The fraction of sp³-hybridized carbons (Fsp3) is 0.800. The first-order chi connectivity index (χ1) is 9.26. The van der Waals surface area contributed by atoms with Crippen molar-refractivity contribution in [2.45, 2.75) is 57.2 Å². The van der Waals surface area contributed by atoms with E-state index in [4.69, 9.17) is 9.47 Å². The average molecular weight is 268 g/mol. The second-order valence-corrected chi connectivity index (χ2v) is 5.37. The predicted octanol–water partition coefficient (Wildman–Crippen LogP) is 2.35. The van der Waals surface area contributed by atoms with E-state index in [1.807, 2.05) is 0 Å². The molecule has 0 unspecified atom stereocenters. The lowest BCUT2D eigenvalue weighted by Crippen LogP contribution is -2.34. The monoisotopic (exact) mass is 268 g/mol. The molecule has 2 rings (SSSR count). The maximum absolute atomic E-state index is 11.4. The molecule has 0 amide bonds. The molecule has 108 valence electrons. The molecule has 0 bridgehead atoms. The van der Waals surface area contributed by atoms with Gasteiger partial charge in [0, 0.05) is 12.8 Å². The number of ketones is 1. The number of carbonyl (C=O) groups is 1. The normalized spacial score (nSPS) is 21.9. The molecule has 0 aromatic rings. The molecule has 2 aliphatic rings. The summed E-state index contributed by atoms with van der Waals surface area (Å²) in [6.07, 6.45) is 9.69. The minimum absolute atomic E-state index is 0.0611. The smallest absolute Gasteiger partial charge is 0.191 e. The molecule has 0 aromatic carbocycles. The topological polar surface area (TPSA) is 55.8 Å². The van der Waals surface area contributed by atoms with Crippen LogP contribution in [0.15, 0.2) is 11.6 Å². The molecule has 0 saturated carbocycles. The molecular formula is C15H24O4. The number of rotatable bonds is 8. The van der Waals surface area contributed by atoms with Crippen LogP contribution in [0.25, 0.3) is 0 Å². The lowest BCUT2D eigenvalue weighted by atomic mass is 10.0. The Kier molecular flexibility index (Phi) is 5.55. The van der Waals surface area contributed by atoms with Gasteiger partial charge in [0.15, 0.2) is 11.6 Å². The molecule has 1 aliphatic carbocycles. The van der Waals surface area contributed by atoms with Crippen LogP contribution in [0.3, 0.4) is 0 Å². The van der Waals surface area contributed by atoms with Crippen LogP contribution in [0.4, 0.5) is 0 Å². The van der Waals surface area contributed by atoms with Gasteiger partial charge in [-0.3, -0.25) is 4.79 Å². The van der Waals surface area contributed by atoms with Gasteiger partial charge in [0.25, 0.3) is 0 Å². The van der Waals surface area contributed by atoms with Crippen molar-refractivity contribution in [3.8, 4) is 0 Å². The molecule has 0 radical (unpaired) electrons. The van der Waals surface area contributed by atoms with E-state index in [1.165, 1.54) is 0 Å². The largest absolute Gasteiger partial charge is 0.391 e. The van der Waals surface area contributed by atoms with Crippen molar-refractivity contribution < 1.29 is 19.4 Å². The van der Waals surface area contributed by atoms with Crippen LogP contribution < -0.4 is 0 Å². The Labute approximate surface area is 114 Å². The Balaban J connectivity index is 1.53.